The summed E-state index contributed by atoms with van der Waals surface area (Å²) in [6.07, 6.45) is -9.71. The normalized spacial score (nSPS) is 42.6. The molecule has 16 nitrogen and oxygen atoms in total. The summed E-state index contributed by atoms with van der Waals surface area (Å²) in [4.78, 5) is 0. The van der Waals surface area contributed by atoms with Gasteiger partial charge < -0.3 is 75.8 Å². The number of hydrogen-bond acceptors (Lipinski definition) is 16. The van der Waals surface area contributed by atoms with E-state index in [1.807, 2.05) is 0 Å². The van der Waals surface area contributed by atoms with E-state index in [0.717, 1.165) is 0 Å². The molecule has 0 N–H and O–H groups in total. The minimum Gasteiger partial charge on any atom is -0.382 e. The highest BCUT2D eigenvalue weighted by molar-refractivity contribution is 4.97. The Hall–Kier alpha value is -0.640. The minimum atomic E-state index is -1.00. The highest BCUT2D eigenvalue weighted by atomic mass is 16.8. The molecule has 3 saturated heterocycles. The van der Waals surface area contributed by atoms with E-state index in [9.17, 15) is 0 Å². The van der Waals surface area contributed by atoms with E-state index in [-0.39, 0.29) is 19.8 Å². The summed E-state index contributed by atoms with van der Waals surface area (Å²) in [7, 11) is 17.2. The fourth-order valence-electron chi connectivity index (χ4n) is 6.45. The maximum absolute atomic E-state index is 6.48. The van der Waals surface area contributed by atoms with Gasteiger partial charge in [0.25, 0.3) is 0 Å². The van der Waals surface area contributed by atoms with Crippen LogP contribution in [0.5, 0.6) is 0 Å². The van der Waals surface area contributed by atoms with Crippen molar-refractivity contribution < 1.29 is 75.8 Å². The number of ether oxygens (including phenoxy) is 16. The average Bonchev–Trinajstić information content (AvgIpc) is 3.06. The zero-order valence-electron chi connectivity index (χ0n) is 28.3. The molecule has 3 rings (SSSR count). The lowest BCUT2D eigenvalue weighted by atomic mass is 9.97. The molecule has 0 amide bonds. The average molecular weight is 659 g/mol. The van der Waals surface area contributed by atoms with Gasteiger partial charge in [0.1, 0.15) is 73.2 Å². The maximum Gasteiger partial charge on any atom is 0.190 e. The molecule has 3 aliphatic rings. The van der Waals surface area contributed by atoms with Gasteiger partial charge in [0.05, 0.1) is 19.8 Å². The third-order valence-electron chi connectivity index (χ3n) is 8.58. The largest absolute Gasteiger partial charge is 0.382 e. The third-order valence-corrected chi connectivity index (χ3v) is 8.58. The van der Waals surface area contributed by atoms with Crippen molar-refractivity contribution in [2.45, 2.75) is 92.1 Å². The molecule has 0 unspecified atom stereocenters. The van der Waals surface area contributed by atoms with Gasteiger partial charge in [0, 0.05) is 78.2 Å². The fraction of sp³-hybridized carbons (Fsp3) is 1.00. The van der Waals surface area contributed by atoms with Gasteiger partial charge in [-0.1, -0.05) is 0 Å². The number of hydrogen-bond donors (Lipinski definition) is 0. The molecule has 0 aromatic rings. The van der Waals surface area contributed by atoms with Gasteiger partial charge in [-0.2, -0.15) is 0 Å². The minimum absolute atomic E-state index is 0.00491. The Labute approximate surface area is 266 Å². The predicted molar refractivity (Wildman–Crippen MR) is 154 cm³/mol. The molecule has 0 aromatic heterocycles. The van der Waals surface area contributed by atoms with Crippen molar-refractivity contribution in [2.75, 3.05) is 98.0 Å². The molecule has 0 aromatic carbocycles. The topological polar surface area (TPSA) is 148 Å². The van der Waals surface area contributed by atoms with Crippen LogP contribution in [0.2, 0.25) is 0 Å². The van der Waals surface area contributed by atoms with Crippen LogP contribution in [-0.4, -0.2) is 190 Å². The van der Waals surface area contributed by atoms with Crippen molar-refractivity contribution in [3.05, 3.63) is 0 Å². The summed E-state index contributed by atoms with van der Waals surface area (Å²) in [6, 6.07) is 0. The molecule has 3 fully saturated rings. The van der Waals surface area contributed by atoms with Crippen LogP contribution in [0.4, 0.5) is 0 Å². The van der Waals surface area contributed by atoms with Gasteiger partial charge in [-0.25, -0.2) is 0 Å². The molecular weight excluding hydrogens is 604 g/mol. The summed E-state index contributed by atoms with van der Waals surface area (Å²) in [6.45, 7) is 0.491. The van der Waals surface area contributed by atoms with Crippen molar-refractivity contribution in [2.24, 2.45) is 0 Å². The molecule has 0 saturated carbocycles. The number of rotatable bonds is 18. The van der Waals surface area contributed by atoms with Gasteiger partial charge >= 0.3 is 0 Å². The van der Waals surface area contributed by atoms with E-state index < -0.39 is 92.1 Å². The zero-order chi connectivity index (χ0) is 33.1. The first-order valence-corrected chi connectivity index (χ1v) is 14.8. The first-order chi connectivity index (χ1) is 21.9. The van der Waals surface area contributed by atoms with Crippen LogP contribution in [0.3, 0.4) is 0 Å². The Balaban J connectivity index is 1.85. The van der Waals surface area contributed by atoms with Crippen LogP contribution < -0.4 is 0 Å². The molecule has 45 heavy (non-hydrogen) atoms. The summed E-state index contributed by atoms with van der Waals surface area (Å²) < 4.78 is 94.5. The second-order valence-electron chi connectivity index (χ2n) is 10.8. The van der Waals surface area contributed by atoms with E-state index in [2.05, 4.69) is 0 Å². The Morgan fingerprint density at radius 3 is 0.933 bits per heavy atom. The van der Waals surface area contributed by atoms with Crippen LogP contribution in [-0.2, 0) is 75.8 Å². The fourth-order valence-corrected chi connectivity index (χ4v) is 6.45. The van der Waals surface area contributed by atoms with Crippen molar-refractivity contribution in [1.29, 1.82) is 0 Å². The molecule has 0 radical (unpaired) electrons. The smallest absolute Gasteiger partial charge is 0.190 e. The monoisotopic (exact) mass is 658 g/mol. The third kappa shape index (κ3) is 8.70. The van der Waals surface area contributed by atoms with Crippen LogP contribution in [0.1, 0.15) is 0 Å². The highest BCUT2D eigenvalue weighted by Crippen LogP contribution is 2.34. The molecule has 266 valence electrons. The van der Waals surface area contributed by atoms with E-state index in [0.29, 0.717) is 0 Å². The lowest BCUT2D eigenvalue weighted by Crippen LogP contribution is -2.66. The van der Waals surface area contributed by atoms with Gasteiger partial charge in [0.2, 0.25) is 0 Å². The molecule has 16 heteroatoms. The van der Waals surface area contributed by atoms with Crippen molar-refractivity contribution in [3.8, 4) is 0 Å². The van der Waals surface area contributed by atoms with Gasteiger partial charge in [-0.05, 0) is 0 Å². The van der Waals surface area contributed by atoms with Crippen molar-refractivity contribution >= 4 is 0 Å². The van der Waals surface area contributed by atoms with Crippen LogP contribution in [0.25, 0.3) is 0 Å². The van der Waals surface area contributed by atoms with E-state index in [1.54, 1.807) is 71.1 Å². The Morgan fingerprint density at radius 2 is 0.622 bits per heavy atom. The quantitative estimate of drug-likeness (QED) is 0.188. The lowest BCUT2D eigenvalue weighted by Gasteiger charge is -2.49. The Bertz CT molecular complexity index is 810. The SMILES string of the molecule is COC[C@H]1O[C@@H](OC[C@H]2O[C@H](O[C@H]3O[C@H](COC)[C@@H](OC)[C@H](OC)[C@H]3OC)[C@H](OC)[C@@H](OC)[C@@H]2OC)[C@H](OC)[C@@H](OC)[C@H]1OC. The lowest BCUT2D eigenvalue weighted by molar-refractivity contribution is -0.388. The zero-order valence-corrected chi connectivity index (χ0v) is 28.3. The van der Waals surface area contributed by atoms with Crippen LogP contribution >= 0.6 is 0 Å². The maximum atomic E-state index is 6.48. The van der Waals surface area contributed by atoms with Gasteiger partial charge in [-0.3, -0.25) is 0 Å². The Kier molecular flexibility index (Phi) is 16.7. The Morgan fingerprint density at radius 1 is 0.333 bits per heavy atom. The summed E-state index contributed by atoms with van der Waals surface area (Å²) in [5.41, 5.74) is 0. The molecule has 15 atom stereocenters. The molecule has 3 aliphatic heterocycles. The van der Waals surface area contributed by atoms with Crippen LogP contribution in [0.15, 0.2) is 0 Å². The summed E-state index contributed by atoms with van der Waals surface area (Å²) in [5, 5.41) is 0. The summed E-state index contributed by atoms with van der Waals surface area (Å²) in [5.74, 6) is 0. The molecule has 0 bridgehead atoms. The van der Waals surface area contributed by atoms with Crippen LogP contribution in [0, 0.1) is 0 Å². The molecular formula is C29H54O16. The first-order valence-electron chi connectivity index (χ1n) is 14.8. The van der Waals surface area contributed by atoms with Crippen molar-refractivity contribution in [1.82, 2.24) is 0 Å². The van der Waals surface area contributed by atoms with Crippen molar-refractivity contribution in [3.63, 3.8) is 0 Å². The second kappa shape index (κ2) is 19.4. The molecule has 3 heterocycles. The molecule has 0 spiro atoms. The van der Waals surface area contributed by atoms with Gasteiger partial charge in [0.15, 0.2) is 18.9 Å². The van der Waals surface area contributed by atoms with E-state index in [1.165, 1.54) is 7.11 Å². The second-order valence-corrected chi connectivity index (χ2v) is 10.8. The predicted octanol–water partition coefficient (Wildman–Crippen LogP) is -0.378. The van der Waals surface area contributed by atoms with E-state index in [4.69, 9.17) is 75.8 Å². The first kappa shape index (κ1) is 38.8. The summed E-state index contributed by atoms with van der Waals surface area (Å²) >= 11 is 0. The van der Waals surface area contributed by atoms with Gasteiger partial charge in [-0.15, -0.1) is 0 Å². The standard InChI is InChI=1S/C29H54O16/c1-30-12-15-18(32-3)21(35-6)24(38-9)27(42-15)41-14-17-20(34-5)23(37-8)26(40-11)29(44-17)45-28-25(39-10)22(36-7)19(33-4)16(43-28)13-31-2/h15-29H,12-14H2,1-11H3/t15-,16-,17-,18+,19-,20-,21+,22+,23+,24-,25-,26-,27-,28-,29-/m1/s1. The molecule has 0 aliphatic carbocycles. The number of methoxy groups -OCH3 is 11. The van der Waals surface area contributed by atoms with E-state index >= 15 is 0 Å². The highest BCUT2D eigenvalue weighted by Gasteiger charge is 2.54.